The number of rotatable bonds is 4. The van der Waals surface area contributed by atoms with Crippen LogP contribution in [-0.4, -0.2) is 4.57 Å². The summed E-state index contributed by atoms with van der Waals surface area (Å²) in [6.45, 7) is 8.82. The minimum absolute atomic E-state index is 1.21. The first-order chi connectivity index (χ1) is 16.5. The molecule has 2 nitrogen and oxygen atoms in total. The predicted octanol–water partition coefficient (Wildman–Crippen LogP) is 7.54. The smallest absolute Gasteiger partial charge is 0.229 e. The highest BCUT2D eigenvalue weighted by atomic mass is 15.0. The van der Waals surface area contributed by atoms with E-state index in [1.165, 1.54) is 61.6 Å². The van der Waals surface area contributed by atoms with Gasteiger partial charge >= 0.3 is 0 Å². The van der Waals surface area contributed by atoms with Gasteiger partial charge in [-0.25, -0.2) is 0 Å². The van der Waals surface area contributed by atoms with E-state index in [0.29, 0.717) is 0 Å². The van der Waals surface area contributed by atoms with Crippen molar-refractivity contribution >= 4 is 0 Å². The monoisotopic (exact) mass is 443 g/mol. The molecule has 0 saturated carbocycles. The predicted molar refractivity (Wildman–Crippen MR) is 142 cm³/mol. The second kappa shape index (κ2) is 8.79. The van der Waals surface area contributed by atoms with E-state index in [2.05, 4.69) is 141 Å². The van der Waals surface area contributed by atoms with E-state index in [9.17, 15) is 0 Å². The highest BCUT2D eigenvalue weighted by Gasteiger charge is 2.24. The molecule has 0 N–H and O–H groups in total. The van der Waals surface area contributed by atoms with Crippen molar-refractivity contribution < 1.29 is 4.57 Å². The van der Waals surface area contributed by atoms with Crippen molar-refractivity contribution in [1.29, 1.82) is 0 Å². The standard InChI is InChI=1S/C32H31N2/c1-22-19-30(33(5)20-23(22)2)31-25(4)24(3)21-34(31)32-28(26-13-8-6-9-14-26)17-12-18-29(32)27-15-10-7-11-16-27/h6-21H,1-5H3/q+1. The van der Waals surface area contributed by atoms with Gasteiger partial charge in [0.15, 0.2) is 6.20 Å². The summed E-state index contributed by atoms with van der Waals surface area (Å²) >= 11 is 0. The van der Waals surface area contributed by atoms with Gasteiger partial charge < -0.3 is 4.57 Å². The van der Waals surface area contributed by atoms with E-state index in [1.807, 2.05) is 0 Å². The molecule has 0 spiro atoms. The maximum Gasteiger partial charge on any atom is 0.229 e. The number of aromatic nitrogens is 2. The SMILES string of the molecule is Cc1cc(-c2c(C)c(C)cn2-c2c(-c3ccccc3)cccc2-c2ccccc2)[n+](C)cc1C. The van der Waals surface area contributed by atoms with Gasteiger partial charge in [0.2, 0.25) is 5.69 Å². The molecule has 2 heterocycles. The summed E-state index contributed by atoms with van der Waals surface area (Å²) in [5.74, 6) is 0. The maximum absolute atomic E-state index is 2.42. The van der Waals surface area contributed by atoms with Crippen molar-refractivity contribution in [2.45, 2.75) is 27.7 Å². The topological polar surface area (TPSA) is 8.81 Å². The minimum atomic E-state index is 1.21. The van der Waals surface area contributed by atoms with E-state index in [0.717, 1.165) is 0 Å². The fourth-order valence-corrected chi connectivity index (χ4v) is 4.84. The maximum atomic E-state index is 2.42. The van der Waals surface area contributed by atoms with Gasteiger partial charge in [-0.15, -0.1) is 0 Å². The van der Waals surface area contributed by atoms with E-state index >= 15 is 0 Å². The number of para-hydroxylation sites is 1. The summed E-state index contributed by atoms with van der Waals surface area (Å²) in [5.41, 5.74) is 13.8. The van der Waals surface area contributed by atoms with Gasteiger partial charge in [0.25, 0.3) is 0 Å². The van der Waals surface area contributed by atoms with Crippen LogP contribution in [0.15, 0.2) is 97.3 Å². The second-order valence-electron chi connectivity index (χ2n) is 9.23. The minimum Gasteiger partial charge on any atom is -0.310 e. The quantitative estimate of drug-likeness (QED) is 0.254. The van der Waals surface area contributed by atoms with Crippen LogP contribution >= 0.6 is 0 Å². The summed E-state index contributed by atoms with van der Waals surface area (Å²) in [4.78, 5) is 0. The largest absolute Gasteiger partial charge is 0.310 e. The number of aryl methyl sites for hydroxylation is 4. The molecule has 5 rings (SSSR count). The van der Waals surface area contributed by atoms with Crippen LogP contribution in [0.3, 0.4) is 0 Å². The third kappa shape index (κ3) is 3.76. The summed E-state index contributed by atoms with van der Waals surface area (Å²) in [7, 11) is 2.15. The lowest BCUT2D eigenvalue weighted by Gasteiger charge is -2.19. The summed E-state index contributed by atoms with van der Waals surface area (Å²) in [6, 6.07) is 30.4. The molecule has 0 aliphatic rings. The molecule has 0 bridgehead atoms. The molecule has 0 unspecified atom stereocenters. The second-order valence-corrected chi connectivity index (χ2v) is 9.23. The van der Waals surface area contributed by atoms with Crippen molar-refractivity contribution in [3.63, 3.8) is 0 Å². The van der Waals surface area contributed by atoms with Crippen LogP contribution in [0.2, 0.25) is 0 Å². The molecule has 0 aliphatic carbocycles. The van der Waals surface area contributed by atoms with E-state index < -0.39 is 0 Å². The van der Waals surface area contributed by atoms with Gasteiger partial charge in [0.1, 0.15) is 12.7 Å². The zero-order valence-electron chi connectivity index (χ0n) is 20.6. The molecule has 2 aromatic heterocycles. The third-order valence-corrected chi connectivity index (χ3v) is 6.94. The zero-order chi connectivity index (χ0) is 23.8. The van der Waals surface area contributed by atoms with E-state index in [-0.39, 0.29) is 0 Å². The molecule has 2 heteroatoms. The first-order valence-electron chi connectivity index (χ1n) is 11.9. The van der Waals surface area contributed by atoms with Gasteiger partial charge in [-0.05, 0) is 55.5 Å². The van der Waals surface area contributed by atoms with Crippen molar-refractivity contribution in [3.05, 3.63) is 120 Å². The van der Waals surface area contributed by atoms with Gasteiger partial charge in [-0.1, -0.05) is 78.9 Å². The van der Waals surface area contributed by atoms with Crippen LogP contribution in [0.1, 0.15) is 22.3 Å². The Morgan fingerprint density at radius 1 is 0.618 bits per heavy atom. The molecule has 0 aliphatic heterocycles. The summed E-state index contributed by atoms with van der Waals surface area (Å²) < 4.78 is 4.67. The molecule has 34 heavy (non-hydrogen) atoms. The average Bonchev–Trinajstić information content (AvgIpc) is 3.15. The Morgan fingerprint density at radius 3 is 1.74 bits per heavy atom. The lowest BCUT2D eigenvalue weighted by atomic mass is 9.95. The summed E-state index contributed by atoms with van der Waals surface area (Å²) in [5, 5.41) is 0. The Labute approximate surface area is 202 Å². The van der Waals surface area contributed by atoms with Crippen LogP contribution in [0.4, 0.5) is 0 Å². The molecule has 0 fully saturated rings. The van der Waals surface area contributed by atoms with Crippen molar-refractivity contribution in [3.8, 4) is 39.3 Å². The van der Waals surface area contributed by atoms with Crippen LogP contribution in [0.25, 0.3) is 39.3 Å². The Morgan fingerprint density at radius 2 is 1.18 bits per heavy atom. The van der Waals surface area contributed by atoms with Crippen LogP contribution in [0, 0.1) is 27.7 Å². The molecule has 0 amide bonds. The molecule has 0 radical (unpaired) electrons. The Hall–Kier alpha value is -3.91. The van der Waals surface area contributed by atoms with Crippen molar-refractivity contribution in [2.24, 2.45) is 7.05 Å². The number of pyridine rings is 1. The Bertz CT molecular complexity index is 1420. The summed E-state index contributed by atoms with van der Waals surface area (Å²) in [6.07, 6.45) is 4.53. The fraction of sp³-hybridized carbons (Fsp3) is 0.156. The number of benzene rings is 3. The number of hydrogen-bond acceptors (Lipinski definition) is 0. The van der Waals surface area contributed by atoms with Crippen molar-refractivity contribution in [1.82, 2.24) is 4.57 Å². The highest BCUT2D eigenvalue weighted by Crippen LogP contribution is 2.39. The Balaban J connectivity index is 1.89. The molecule has 3 aromatic carbocycles. The third-order valence-electron chi connectivity index (χ3n) is 6.94. The molecule has 0 atom stereocenters. The molecule has 0 saturated heterocycles. The zero-order valence-corrected chi connectivity index (χ0v) is 20.6. The van der Waals surface area contributed by atoms with Crippen LogP contribution in [-0.2, 0) is 7.05 Å². The van der Waals surface area contributed by atoms with Crippen LogP contribution in [0.5, 0.6) is 0 Å². The van der Waals surface area contributed by atoms with Gasteiger partial charge in [-0.3, -0.25) is 0 Å². The number of hydrogen-bond donors (Lipinski definition) is 0. The lowest BCUT2D eigenvalue weighted by molar-refractivity contribution is -0.661. The first kappa shape index (κ1) is 21.9. The lowest BCUT2D eigenvalue weighted by Crippen LogP contribution is -2.32. The van der Waals surface area contributed by atoms with E-state index in [4.69, 9.17) is 0 Å². The molecule has 5 aromatic rings. The van der Waals surface area contributed by atoms with Gasteiger partial charge in [0.05, 0.1) is 5.69 Å². The number of nitrogens with zero attached hydrogens (tertiary/aromatic N) is 2. The van der Waals surface area contributed by atoms with Gasteiger partial charge in [-0.2, -0.15) is 4.57 Å². The van der Waals surface area contributed by atoms with Gasteiger partial charge in [0, 0.05) is 29.0 Å². The first-order valence-corrected chi connectivity index (χ1v) is 11.9. The average molecular weight is 444 g/mol. The normalized spacial score (nSPS) is 11.1. The molecule has 168 valence electrons. The Kier molecular flexibility index (Phi) is 5.67. The molecular weight excluding hydrogens is 412 g/mol. The molecular formula is C32H31N2+. The fourth-order valence-electron chi connectivity index (χ4n) is 4.84. The van der Waals surface area contributed by atoms with E-state index in [1.54, 1.807) is 0 Å². The van der Waals surface area contributed by atoms with Crippen molar-refractivity contribution in [2.75, 3.05) is 0 Å². The highest BCUT2D eigenvalue weighted by molar-refractivity contribution is 5.87. The van der Waals surface area contributed by atoms with Crippen LogP contribution < -0.4 is 4.57 Å².